The second-order valence-corrected chi connectivity index (χ2v) is 6.41. The first-order chi connectivity index (χ1) is 13.5. The predicted octanol–water partition coefficient (Wildman–Crippen LogP) is 2.72. The second-order valence-electron chi connectivity index (χ2n) is 6.41. The van der Waals surface area contributed by atoms with E-state index < -0.39 is 5.91 Å². The summed E-state index contributed by atoms with van der Waals surface area (Å²) in [5.41, 5.74) is 8.13. The van der Waals surface area contributed by atoms with Gasteiger partial charge in [0.25, 0.3) is 5.91 Å². The number of nitrogens with zero attached hydrogens (tertiary/aromatic N) is 2. The van der Waals surface area contributed by atoms with Crippen LogP contribution >= 0.6 is 0 Å². The SMILES string of the molecule is Cc1cc(C)cc(OCCC(=O)NNC(=O)c2cncn2-c2ccccc2)c1. The summed E-state index contributed by atoms with van der Waals surface area (Å²) in [6.07, 6.45) is 3.10. The van der Waals surface area contributed by atoms with E-state index in [9.17, 15) is 9.59 Å². The third-order valence-electron chi connectivity index (χ3n) is 4.01. The van der Waals surface area contributed by atoms with Gasteiger partial charge in [-0.3, -0.25) is 25.0 Å². The fourth-order valence-corrected chi connectivity index (χ4v) is 2.79. The largest absolute Gasteiger partial charge is 0.493 e. The van der Waals surface area contributed by atoms with Crippen LogP contribution in [0.15, 0.2) is 61.1 Å². The quantitative estimate of drug-likeness (QED) is 0.646. The van der Waals surface area contributed by atoms with Crippen molar-refractivity contribution in [2.24, 2.45) is 0 Å². The van der Waals surface area contributed by atoms with Crippen LogP contribution in [-0.2, 0) is 4.79 Å². The molecule has 0 bridgehead atoms. The van der Waals surface area contributed by atoms with Crippen molar-refractivity contribution in [1.82, 2.24) is 20.4 Å². The molecule has 0 aliphatic carbocycles. The minimum absolute atomic E-state index is 0.116. The van der Waals surface area contributed by atoms with Gasteiger partial charge in [0, 0.05) is 5.69 Å². The number of carbonyl (C=O) groups is 2. The molecule has 0 atom stereocenters. The van der Waals surface area contributed by atoms with Gasteiger partial charge < -0.3 is 4.74 Å². The lowest BCUT2D eigenvalue weighted by atomic mass is 10.1. The summed E-state index contributed by atoms with van der Waals surface area (Å²) in [5, 5.41) is 0. The molecule has 0 unspecified atom stereocenters. The molecule has 0 saturated heterocycles. The number of ether oxygens (including phenoxy) is 1. The first-order valence-electron chi connectivity index (χ1n) is 8.91. The average Bonchev–Trinajstić information content (AvgIpc) is 3.16. The number of aromatic nitrogens is 2. The molecule has 0 spiro atoms. The van der Waals surface area contributed by atoms with Crippen LogP contribution in [0, 0.1) is 13.8 Å². The van der Waals surface area contributed by atoms with Crippen LogP contribution in [0.25, 0.3) is 5.69 Å². The number of hydrazine groups is 1. The molecule has 2 N–H and O–H groups in total. The van der Waals surface area contributed by atoms with E-state index in [1.807, 2.05) is 56.3 Å². The minimum Gasteiger partial charge on any atom is -0.493 e. The third-order valence-corrected chi connectivity index (χ3v) is 4.01. The van der Waals surface area contributed by atoms with Gasteiger partial charge in [-0.2, -0.15) is 0 Å². The van der Waals surface area contributed by atoms with Gasteiger partial charge >= 0.3 is 0 Å². The molecule has 28 heavy (non-hydrogen) atoms. The minimum atomic E-state index is -0.454. The first-order valence-corrected chi connectivity index (χ1v) is 8.91. The number of benzene rings is 2. The van der Waals surface area contributed by atoms with Gasteiger partial charge in [0.1, 0.15) is 11.4 Å². The molecular formula is C21H22N4O3. The van der Waals surface area contributed by atoms with Crippen LogP contribution < -0.4 is 15.6 Å². The molecule has 2 aromatic carbocycles. The molecule has 7 heteroatoms. The van der Waals surface area contributed by atoms with Crippen molar-refractivity contribution in [3.05, 3.63) is 77.9 Å². The summed E-state index contributed by atoms with van der Waals surface area (Å²) in [7, 11) is 0. The Morgan fingerprint density at radius 2 is 1.75 bits per heavy atom. The molecule has 7 nitrogen and oxygen atoms in total. The number of hydrogen-bond donors (Lipinski definition) is 2. The normalized spacial score (nSPS) is 10.4. The van der Waals surface area contributed by atoms with Gasteiger partial charge in [-0.1, -0.05) is 24.3 Å². The number of carbonyl (C=O) groups excluding carboxylic acids is 2. The Labute approximate surface area is 163 Å². The number of rotatable bonds is 6. The fourth-order valence-electron chi connectivity index (χ4n) is 2.79. The highest BCUT2D eigenvalue weighted by Gasteiger charge is 2.13. The van der Waals surface area contributed by atoms with Crippen LogP contribution in [0.1, 0.15) is 28.0 Å². The highest BCUT2D eigenvalue weighted by molar-refractivity contribution is 5.94. The highest BCUT2D eigenvalue weighted by Crippen LogP contribution is 2.16. The average molecular weight is 378 g/mol. The Morgan fingerprint density at radius 1 is 1.04 bits per heavy atom. The van der Waals surface area contributed by atoms with E-state index in [0.29, 0.717) is 5.69 Å². The standard InChI is InChI=1S/C21H22N4O3/c1-15-10-16(2)12-18(11-15)28-9-8-20(26)23-24-21(27)19-13-22-14-25(19)17-6-4-3-5-7-17/h3-7,10-14H,8-9H2,1-2H3,(H,23,26)(H,24,27). The highest BCUT2D eigenvalue weighted by atomic mass is 16.5. The van der Waals surface area contributed by atoms with Crippen molar-refractivity contribution < 1.29 is 14.3 Å². The monoisotopic (exact) mass is 378 g/mol. The molecule has 3 rings (SSSR count). The molecule has 0 aliphatic heterocycles. The van der Waals surface area contributed by atoms with Crippen molar-refractivity contribution in [2.45, 2.75) is 20.3 Å². The number of aryl methyl sites for hydroxylation is 2. The number of para-hydroxylation sites is 1. The van der Waals surface area contributed by atoms with Crippen molar-refractivity contribution in [3.8, 4) is 11.4 Å². The van der Waals surface area contributed by atoms with Gasteiger partial charge in [0.05, 0.1) is 25.6 Å². The number of amides is 2. The van der Waals surface area contributed by atoms with E-state index in [2.05, 4.69) is 21.9 Å². The maximum absolute atomic E-state index is 12.4. The maximum atomic E-state index is 12.4. The van der Waals surface area contributed by atoms with Crippen molar-refractivity contribution in [2.75, 3.05) is 6.61 Å². The van der Waals surface area contributed by atoms with Gasteiger partial charge in [0.15, 0.2) is 0 Å². The summed E-state index contributed by atoms with van der Waals surface area (Å²) in [5.74, 6) is -0.0745. The van der Waals surface area contributed by atoms with Crippen molar-refractivity contribution >= 4 is 11.8 Å². The lowest BCUT2D eigenvalue weighted by molar-refractivity contribution is -0.122. The Morgan fingerprint density at radius 3 is 2.46 bits per heavy atom. The van der Waals surface area contributed by atoms with Crippen LogP contribution in [0.4, 0.5) is 0 Å². The van der Waals surface area contributed by atoms with E-state index in [0.717, 1.165) is 22.6 Å². The predicted molar refractivity (Wildman–Crippen MR) is 105 cm³/mol. The first kappa shape index (κ1) is 19.2. The number of imidazole rings is 1. The molecule has 1 heterocycles. The lowest BCUT2D eigenvalue weighted by Crippen LogP contribution is -2.42. The Hall–Kier alpha value is -3.61. The van der Waals surface area contributed by atoms with Gasteiger partial charge in [0.2, 0.25) is 5.91 Å². The second kappa shape index (κ2) is 8.85. The van der Waals surface area contributed by atoms with E-state index >= 15 is 0 Å². The zero-order valence-electron chi connectivity index (χ0n) is 15.8. The molecule has 3 aromatic rings. The van der Waals surface area contributed by atoms with E-state index in [1.54, 1.807) is 10.9 Å². The van der Waals surface area contributed by atoms with Gasteiger partial charge in [-0.15, -0.1) is 0 Å². The van der Waals surface area contributed by atoms with Crippen LogP contribution in [0.3, 0.4) is 0 Å². The molecule has 144 valence electrons. The zero-order chi connectivity index (χ0) is 19.9. The summed E-state index contributed by atoms with van der Waals surface area (Å²) in [6.45, 7) is 4.19. The topological polar surface area (TPSA) is 85.2 Å². The Balaban J connectivity index is 1.49. The summed E-state index contributed by atoms with van der Waals surface area (Å²) < 4.78 is 7.25. The molecule has 0 radical (unpaired) electrons. The summed E-state index contributed by atoms with van der Waals surface area (Å²) in [6, 6.07) is 15.2. The maximum Gasteiger partial charge on any atom is 0.288 e. The van der Waals surface area contributed by atoms with Gasteiger partial charge in [-0.25, -0.2) is 4.98 Å². The van der Waals surface area contributed by atoms with E-state index in [1.165, 1.54) is 6.20 Å². The fraction of sp³-hybridized carbons (Fsp3) is 0.190. The Kier molecular flexibility index (Phi) is 6.06. The van der Waals surface area contributed by atoms with Gasteiger partial charge in [-0.05, 0) is 49.2 Å². The summed E-state index contributed by atoms with van der Waals surface area (Å²) >= 11 is 0. The number of hydrogen-bond acceptors (Lipinski definition) is 4. The van der Waals surface area contributed by atoms with Crippen LogP contribution in [0.2, 0.25) is 0 Å². The molecular weight excluding hydrogens is 356 g/mol. The van der Waals surface area contributed by atoms with E-state index in [-0.39, 0.29) is 18.9 Å². The van der Waals surface area contributed by atoms with Crippen LogP contribution in [0.5, 0.6) is 5.75 Å². The molecule has 2 amide bonds. The smallest absolute Gasteiger partial charge is 0.288 e. The summed E-state index contributed by atoms with van der Waals surface area (Å²) in [4.78, 5) is 28.3. The molecule has 0 aliphatic rings. The van der Waals surface area contributed by atoms with Crippen LogP contribution in [-0.4, -0.2) is 28.0 Å². The number of nitrogens with one attached hydrogen (secondary N) is 2. The van der Waals surface area contributed by atoms with Crippen molar-refractivity contribution in [3.63, 3.8) is 0 Å². The lowest BCUT2D eigenvalue weighted by Gasteiger charge is -2.11. The third kappa shape index (κ3) is 4.97. The zero-order valence-corrected chi connectivity index (χ0v) is 15.8. The van der Waals surface area contributed by atoms with Crippen molar-refractivity contribution in [1.29, 1.82) is 0 Å². The van der Waals surface area contributed by atoms with E-state index in [4.69, 9.17) is 4.74 Å². The molecule has 0 saturated carbocycles. The molecule has 0 fully saturated rings. The molecule has 1 aromatic heterocycles. The Bertz CT molecular complexity index is 947.